The van der Waals surface area contributed by atoms with Crippen molar-refractivity contribution in [3.8, 4) is 0 Å². The number of hydrogen-bond acceptors (Lipinski definition) is 8. The molecule has 0 saturated heterocycles. The minimum Gasteiger partial charge on any atom is -0.301 e. The van der Waals surface area contributed by atoms with E-state index >= 15 is 0 Å². The van der Waals surface area contributed by atoms with Crippen LogP contribution in [0.15, 0.2) is 11.4 Å². The molecule has 6 nitrogen and oxygen atoms in total. The van der Waals surface area contributed by atoms with Gasteiger partial charge in [-0.05, 0) is 26.3 Å². The monoisotopic (exact) mass is 401 g/mol. The fourth-order valence-corrected chi connectivity index (χ4v) is 4.69. The molecule has 1 N–H and O–H groups in total. The Balaban J connectivity index is 0.00000208. The molecule has 10 heteroatoms. The van der Waals surface area contributed by atoms with Gasteiger partial charge in [0.2, 0.25) is 11.0 Å². The number of amides is 1. The van der Waals surface area contributed by atoms with E-state index in [1.165, 1.54) is 21.8 Å². The van der Waals surface area contributed by atoms with Crippen molar-refractivity contribution >= 4 is 68.1 Å². The average Bonchev–Trinajstić information content (AvgIpc) is 3.04. The fourth-order valence-electron chi connectivity index (χ4n) is 2.03. The molecule has 0 radical (unpaired) electrons. The molecule has 0 unspecified atom stereocenters. The van der Waals surface area contributed by atoms with Gasteiger partial charge in [0.15, 0.2) is 0 Å². The summed E-state index contributed by atoms with van der Waals surface area (Å²) >= 11 is 4.64. The second-order valence-corrected chi connectivity index (χ2v) is 8.38. The summed E-state index contributed by atoms with van der Waals surface area (Å²) in [5, 5.41) is 14.0. The van der Waals surface area contributed by atoms with Crippen molar-refractivity contribution < 1.29 is 4.79 Å². The van der Waals surface area contributed by atoms with Crippen LogP contribution in [0.5, 0.6) is 0 Å². The molecule has 128 valence electrons. The summed E-state index contributed by atoms with van der Waals surface area (Å²) in [6, 6.07) is 0. The Labute approximate surface area is 157 Å². The molecule has 0 bridgehead atoms. The molecule has 3 aromatic heterocycles. The largest absolute Gasteiger partial charge is 0.301 e. The number of carbonyl (C=O) groups is 1. The zero-order chi connectivity index (χ0) is 16.4. The quantitative estimate of drug-likeness (QED) is 0.513. The van der Waals surface area contributed by atoms with Crippen LogP contribution in [-0.4, -0.2) is 31.8 Å². The summed E-state index contributed by atoms with van der Waals surface area (Å²) in [7, 11) is 0. The van der Waals surface area contributed by atoms with E-state index < -0.39 is 0 Å². The van der Waals surface area contributed by atoms with E-state index in [4.69, 9.17) is 0 Å². The first-order valence-corrected chi connectivity index (χ1v) is 9.60. The minimum absolute atomic E-state index is 0. The number of halogens is 1. The predicted molar refractivity (Wildman–Crippen MR) is 103 cm³/mol. The minimum atomic E-state index is -0.0582. The molecule has 0 saturated carbocycles. The van der Waals surface area contributed by atoms with Crippen molar-refractivity contribution in [3.05, 3.63) is 21.8 Å². The highest BCUT2D eigenvalue weighted by molar-refractivity contribution is 7.99. The van der Waals surface area contributed by atoms with E-state index in [1.807, 2.05) is 6.92 Å². The van der Waals surface area contributed by atoms with Gasteiger partial charge in [-0.2, -0.15) is 0 Å². The van der Waals surface area contributed by atoms with Crippen molar-refractivity contribution in [1.29, 1.82) is 0 Å². The maximum Gasteiger partial charge on any atom is 0.227 e. The Bertz CT molecular complexity index is 863. The van der Waals surface area contributed by atoms with Crippen LogP contribution in [-0.2, 0) is 4.79 Å². The number of thiophene rings is 1. The Morgan fingerprint density at radius 1 is 1.21 bits per heavy atom. The second kappa shape index (κ2) is 8.19. The number of aryl methyl sites for hydroxylation is 3. The summed E-state index contributed by atoms with van der Waals surface area (Å²) in [5.41, 5.74) is 1.22. The van der Waals surface area contributed by atoms with Gasteiger partial charge in [0.25, 0.3) is 0 Å². The van der Waals surface area contributed by atoms with Crippen LogP contribution in [0.3, 0.4) is 0 Å². The molecule has 1 amide bonds. The number of anilines is 1. The van der Waals surface area contributed by atoms with Crippen LogP contribution in [0.25, 0.3) is 10.2 Å². The topological polar surface area (TPSA) is 80.7 Å². The highest BCUT2D eigenvalue weighted by Crippen LogP contribution is 2.34. The molecule has 0 aliphatic carbocycles. The highest BCUT2D eigenvalue weighted by atomic mass is 35.5. The molecule has 0 aromatic carbocycles. The third kappa shape index (κ3) is 4.21. The van der Waals surface area contributed by atoms with Gasteiger partial charge in [-0.1, -0.05) is 11.3 Å². The first-order valence-electron chi connectivity index (χ1n) is 6.98. The van der Waals surface area contributed by atoms with Gasteiger partial charge >= 0.3 is 0 Å². The third-order valence-electron chi connectivity index (χ3n) is 3.27. The number of rotatable bonds is 5. The molecule has 0 aliphatic rings. The van der Waals surface area contributed by atoms with E-state index in [0.29, 0.717) is 17.3 Å². The van der Waals surface area contributed by atoms with Crippen molar-refractivity contribution in [2.75, 3.05) is 11.1 Å². The van der Waals surface area contributed by atoms with Crippen LogP contribution in [0.2, 0.25) is 0 Å². The van der Waals surface area contributed by atoms with Gasteiger partial charge in [0, 0.05) is 22.4 Å². The molecular weight excluding hydrogens is 386 g/mol. The van der Waals surface area contributed by atoms with Gasteiger partial charge in [0.1, 0.15) is 21.2 Å². The summed E-state index contributed by atoms with van der Waals surface area (Å²) in [6.07, 6.45) is 1.99. The number of thioether (sulfide) groups is 1. The average molecular weight is 402 g/mol. The number of aromatic nitrogens is 4. The smallest absolute Gasteiger partial charge is 0.227 e. The summed E-state index contributed by atoms with van der Waals surface area (Å²) < 4.78 is 0. The summed E-state index contributed by atoms with van der Waals surface area (Å²) in [6.45, 7) is 6.04. The first kappa shape index (κ1) is 19.0. The van der Waals surface area contributed by atoms with E-state index in [-0.39, 0.29) is 18.3 Å². The molecule has 3 heterocycles. The number of hydrogen-bond donors (Lipinski definition) is 1. The van der Waals surface area contributed by atoms with E-state index in [9.17, 15) is 4.79 Å². The highest BCUT2D eigenvalue weighted by Gasteiger charge is 2.13. The number of nitrogens with zero attached hydrogens (tertiary/aromatic N) is 4. The lowest BCUT2D eigenvalue weighted by molar-refractivity contribution is -0.115. The Morgan fingerprint density at radius 2 is 2.00 bits per heavy atom. The summed E-state index contributed by atoms with van der Waals surface area (Å²) in [4.78, 5) is 22.9. The first-order chi connectivity index (χ1) is 11.0. The fraction of sp³-hybridized carbons (Fsp3) is 0.357. The van der Waals surface area contributed by atoms with Gasteiger partial charge in [0.05, 0.1) is 0 Å². The number of nitrogens with one attached hydrogen (secondary N) is 1. The van der Waals surface area contributed by atoms with E-state index in [0.717, 1.165) is 20.3 Å². The lowest BCUT2D eigenvalue weighted by Crippen LogP contribution is -2.12. The molecule has 0 atom stereocenters. The standard InChI is InChI=1S/C14H15N5OS3.ClH/c1-7-8(2)22-13-11(7)12(15-6-16-13)21-5-4-10(20)17-14-19-18-9(3)23-14;/h6H,4-5H2,1-3H3,(H,17,19,20);1H. The van der Waals surface area contributed by atoms with E-state index in [1.54, 1.807) is 29.4 Å². The Hall–Kier alpha value is -1.29. The lowest BCUT2D eigenvalue weighted by atomic mass is 10.2. The maximum absolute atomic E-state index is 11.9. The Morgan fingerprint density at radius 3 is 2.71 bits per heavy atom. The van der Waals surface area contributed by atoms with Crippen molar-refractivity contribution in [3.63, 3.8) is 0 Å². The Kier molecular flexibility index (Phi) is 6.50. The second-order valence-electron chi connectivity index (χ2n) is 4.92. The van der Waals surface area contributed by atoms with Crippen LogP contribution < -0.4 is 5.32 Å². The third-order valence-corrected chi connectivity index (χ3v) is 6.13. The molecule has 0 fully saturated rings. The zero-order valence-electron chi connectivity index (χ0n) is 13.3. The van der Waals surface area contributed by atoms with Crippen molar-refractivity contribution in [2.24, 2.45) is 0 Å². The molecule has 3 aromatic rings. The molecule has 0 spiro atoms. The molecule has 0 aliphatic heterocycles. The van der Waals surface area contributed by atoms with Crippen LogP contribution >= 0.6 is 46.8 Å². The predicted octanol–water partition coefficient (Wildman–Crippen LogP) is 4.01. The SMILES string of the molecule is Cc1nnc(NC(=O)CCSc2ncnc3sc(C)c(C)c23)s1.Cl. The van der Waals surface area contributed by atoms with Gasteiger partial charge in [-0.25, -0.2) is 9.97 Å². The lowest BCUT2D eigenvalue weighted by Gasteiger charge is -2.03. The molecular formula is C14H16ClN5OS3. The van der Waals surface area contributed by atoms with Gasteiger partial charge < -0.3 is 5.32 Å². The molecule has 3 rings (SSSR count). The maximum atomic E-state index is 11.9. The van der Waals surface area contributed by atoms with Crippen LogP contribution in [0.1, 0.15) is 21.9 Å². The van der Waals surface area contributed by atoms with Crippen molar-refractivity contribution in [1.82, 2.24) is 20.2 Å². The number of carbonyl (C=O) groups excluding carboxylic acids is 1. The molecule has 24 heavy (non-hydrogen) atoms. The zero-order valence-corrected chi connectivity index (χ0v) is 16.6. The van der Waals surface area contributed by atoms with Gasteiger partial charge in [-0.15, -0.1) is 45.7 Å². The summed E-state index contributed by atoms with van der Waals surface area (Å²) in [5.74, 6) is 0.599. The van der Waals surface area contributed by atoms with Crippen molar-refractivity contribution in [2.45, 2.75) is 32.2 Å². The normalized spacial score (nSPS) is 10.6. The number of fused-ring (bicyclic) bond motifs is 1. The van der Waals surface area contributed by atoms with Crippen LogP contribution in [0, 0.1) is 20.8 Å². The van der Waals surface area contributed by atoms with Gasteiger partial charge in [-0.3, -0.25) is 4.79 Å². The van der Waals surface area contributed by atoms with E-state index in [2.05, 4.69) is 39.3 Å². The van der Waals surface area contributed by atoms with Crippen LogP contribution in [0.4, 0.5) is 5.13 Å².